The number of furan rings is 1. The van der Waals surface area contributed by atoms with Crippen LogP contribution in [-0.2, 0) is 11.3 Å². The summed E-state index contributed by atoms with van der Waals surface area (Å²) in [6.45, 7) is 1.63. The van der Waals surface area contributed by atoms with E-state index in [1.165, 1.54) is 25.3 Å². The number of halogens is 2. The molecule has 0 spiro atoms. The van der Waals surface area contributed by atoms with Crippen LogP contribution in [0.1, 0.15) is 33.4 Å². The first-order valence-electron chi connectivity index (χ1n) is 9.44. The molecular weight excluding hydrogens is 424 g/mol. The molecule has 3 aromatic rings. The number of anilines is 1. The van der Waals surface area contributed by atoms with Crippen LogP contribution in [0.3, 0.4) is 0 Å². The molecule has 32 heavy (non-hydrogen) atoms. The Bertz CT molecular complexity index is 1130. The molecule has 0 aliphatic rings. The lowest BCUT2D eigenvalue weighted by molar-refractivity contribution is -0.122. The molecule has 0 radical (unpaired) electrons. The number of carbonyl (C=O) groups is 3. The Kier molecular flexibility index (Phi) is 6.83. The summed E-state index contributed by atoms with van der Waals surface area (Å²) >= 11 is 0. The third-order valence-electron chi connectivity index (χ3n) is 4.38. The van der Waals surface area contributed by atoms with Crippen molar-refractivity contribution in [1.82, 2.24) is 10.6 Å². The van der Waals surface area contributed by atoms with Crippen molar-refractivity contribution in [1.29, 1.82) is 0 Å². The van der Waals surface area contributed by atoms with Gasteiger partial charge in [-0.05, 0) is 43.3 Å². The van der Waals surface area contributed by atoms with Crippen molar-refractivity contribution in [3.05, 3.63) is 83.3 Å². The maximum absolute atomic E-state index is 13.3. The van der Waals surface area contributed by atoms with Gasteiger partial charge in [0.2, 0.25) is 5.91 Å². The van der Waals surface area contributed by atoms with Gasteiger partial charge in [-0.2, -0.15) is 0 Å². The molecule has 0 saturated heterocycles. The van der Waals surface area contributed by atoms with Crippen molar-refractivity contribution in [2.24, 2.45) is 0 Å². The minimum Gasteiger partial charge on any atom is -0.507 e. The number of aromatic hydroxyl groups is 1. The third kappa shape index (κ3) is 5.69. The molecule has 0 bridgehead atoms. The average molecular weight is 443 g/mol. The highest BCUT2D eigenvalue weighted by Gasteiger charge is 2.19. The number of rotatable bonds is 7. The lowest BCUT2D eigenvalue weighted by Gasteiger charge is -2.15. The number of amides is 3. The Labute approximate surface area is 181 Å². The van der Waals surface area contributed by atoms with Crippen molar-refractivity contribution in [2.45, 2.75) is 19.5 Å². The van der Waals surface area contributed by atoms with Gasteiger partial charge in [-0.25, -0.2) is 8.78 Å². The van der Waals surface area contributed by atoms with Gasteiger partial charge < -0.3 is 25.5 Å². The van der Waals surface area contributed by atoms with Gasteiger partial charge in [-0.1, -0.05) is 0 Å². The number of benzene rings is 2. The molecule has 1 aromatic heterocycles. The predicted molar refractivity (Wildman–Crippen MR) is 110 cm³/mol. The van der Waals surface area contributed by atoms with Crippen LogP contribution in [0.5, 0.6) is 5.75 Å². The Hall–Kier alpha value is -4.21. The second-order valence-corrected chi connectivity index (χ2v) is 6.84. The molecule has 3 rings (SSSR count). The first-order chi connectivity index (χ1) is 15.2. The van der Waals surface area contributed by atoms with Crippen LogP contribution in [0.4, 0.5) is 14.5 Å². The fourth-order valence-corrected chi connectivity index (χ4v) is 2.77. The molecule has 1 heterocycles. The quantitative estimate of drug-likeness (QED) is 0.448. The minimum absolute atomic E-state index is 0.0953. The Balaban J connectivity index is 1.60. The van der Waals surface area contributed by atoms with Gasteiger partial charge >= 0.3 is 0 Å². The Morgan fingerprint density at radius 3 is 2.38 bits per heavy atom. The van der Waals surface area contributed by atoms with Crippen LogP contribution in [-0.4, -0.2) is 28.9 Å². The van der Waals surface area contributed by atoms with Crippen LogP contribution < -0.4 is 16.0 Å². The average Bonchev–Trinajstić information content (AvgIpc) is 3.24. The summed E-state index contributed by atoms with van der Waals surface area (Å²) in [5.41, 5.74) is -0.290. The van der Waals surface area contributed by atoms with E-state index in [4.69, 9.17) is 4.42 Å². The van der Waals surface area contributed by atoms with Crippen molar-refractivity contribution in [3.63, 3.8) is 0 Å². The van der Waals surface area contributed by atoms with Gasteiger partial charge in [0.15, 0.2) is 0 Å². The Morgan fingerprint density at radius 2 is 1.75 bits per heavy atom. The zero-order valence-electron chi connectivity index (χ0n) is 16.8. The summed E-state index contributed by atoms with van der Waals surface area (Å²) in [5, 5.41) is 17.6. The topological polar surface area (TPSA) is 121 Å². The smallest absolute Gasteiger partial charge is 0.255 e. The maximum Gasteiger partial charge on any atom is 0.255 e. The number of nitrogens with one attached hydrogen (secondary N) is 3. The zero-order chi connectivity index (χ0) is 23.3. The van der Waals surface area contributed by atoms with Crippen molar-refractivity contribution < 1.29 is 32.7 Å². The number of hydrogen-bond donors (Lipinski definition) is 4. The fourth-order valence-electron chi connectivity index (χ4n) is 2.77. The summed E-state index contributed by atoms with van der Waals surface area (Å²) in [4.78, 5) is 36.7. The molecule has 0 aliphatic heterocycles. The van der Waals surface area contributed by atoms with Gasteiger partial charge in [0.1, 0.15) is 29.2 Å². The van der Waals surface area contributed by atoms with Crippen LogP contribution >= 0.6 is 0 Å². The largest absolute Gasteiger partial charge is 0.507 e. The van der Waals surface area contributed by atoms with E-state index in [2.05, 4.69) is 16.0 Å². The van der Waals surface area contributed by atoms with Gasteiger partial charge in [0, 0.05) is 23.4 Å². The molecule has 10 heteroatoms. The monoisotopic (exact) mass is 443 g/mol. The van der Waals surface area contributed by atoms with Gasteiger partial charge in [-0.3, -0.25) is 14.4 Å². The molecule has 8 nitrogen and oxygen atoms in total. The summed E-state index contributed by atoms with van der Waals surface area (Å²) in [6, 6.07) is 8.47. The number of phenols is 1. The highest BCUT2D eigenvalue weighted by atomic mass is 19.1. The lowest BCUT2D eigenvalue weighted by Crippen LogP contribution is -2.44. The van der Waals surface area contributed by atoms with E-state index < -0.39 is 41.1 Å². The van der Waals surface area contributed by atoms with Crippen LogP contribution in [0.2, 0.25) is 0 Å². The summed E-state index contributed by atoms with van der Waals surface area (Å²) in [7, 11) is 0. The first kappa shape index (κ1) is 22.5. The SMILES string of the molecule is CC(NC(=O)c1ccc(NC(=O)c2cc(F)cc(F)c2)cc1O)C(=O)NCc1ccco1. The molecule has 2 aromatic carbocycles. The first-order valence-corrected chi connectivity index (χ1v) is 9.44. The molecular formula is C22H19F2N3O5. The van der Waals surface area contributed by atoms with Crippen LogP contribution in [0, 0.1) is 11.6 Å². The van der Waals surface area contributed by atoms with Crippen molar-refractivity contribution in [2.75, 3.05) is 5.32 Å². The second kappa shape index (κ2) is 9.73. The highest BCUT2D eigenvalue weighted by Crippen LogP contribution is 2.23. The third-order valence-corrected chi connectivity index (χ3v) is 4.38. The maximum atomic E-state index is 13.3. The van der Waals surface area contributed by atoms with Gasteiger partial charge in [-0.15, -0.1) is 0 Å². The van der Waals surface area contributed by atoms with E-state index in [9.17, 15) is 28.3 Å². The fraction of sp³-hybridized carbons (Fsp3) is 0.136. The normalized spacial score (nSPS) is 11.5. The number of hydrogen-bond acceptors (Lipinski definition) is 5. The van der Waals surface area contributed by atoms with Gasteiger partial charge in [0.25, 0.3) is 11.8 Å². The minimum atomic E-state index is -0.910. The highest BCUT2D eigenvalue weighted by molar-refractivity contribution is 6.05. The van der Waals surface area contributed by atoms with Crippen molar-refractivity contribution >= 4 is 23.4 Å². The molecule has 1 atom stereocenters. The van der Waals surface area contributed by atoms with E-state index in [1.807, 2.05) is 0 Å². The van der Waals surface area contributed by atoms with Crippen LogP contribution in [0.15, 0.2) is 59.2 Å². The second-order valence-electron chi connectivity index (χ2n) is 6.84. The molecule has 4 N–H and O–H groups in total. The molecule has 0 saturated carbocycles. The standard InChI is InChI=1S/C22H19F2N3O5/c1-12(20(29)25-11-17-3-2-6-32-17)26-22(31)18-5-4-16(10-19(18)28)27-21(30)13-7-14(23)9-15(24)8-13/h2-10,12,28H,11H2,1H3,(H,25,29)(H,26,31)(H,27,30). The van der Waals surface area contributed by atoms with E-state index in [0.717, 1.165) is 18.2 Å². The van der Waals surface area contributed by atoms with E-state index in [1.54, 1.807) is 12.1 Å². The molecule has 3 amide bonds. The number of carbonyl (C=O) groups excluding carboxylic acids is 3. The number of phenolic OH excluding ortho intramolecular Hbond substituents is 1. The van der Waals surface area contributed by atoms with Crippen molar-refractivity contribution in [3.8, 4) is 5.75 Å². The lowest BCUT2D eigenvalue weighted by atomic mass is 10.1. The predicted octanol–water partition coefficient (Wildman–Crippen LogP) is 2.95. The van der Waals surface area contributed by atoms with Crippen LogP contribution in [0.25, 0.3) is 0 Å². The Morgan fingerprint density at radius 1 is 1.03 bits per heavy atom. The zero-order valence-corrected chi connectivity index (χ0v) is 16.8. The summed E-state index contributed by atoms with van der Waals surface area (Å²) < 4.78 is 31.7. The molecule has 0 aliphatic carbocycles. The van der Waals surface area contributed by atoms with E-state index in [-0.39, 0.29) is 23.4 Å². The van der Waals surface area contributed by atoms with E-state index in [0.29, 0.717) is 11.8 Å². The molecule has 0 fully saturated rings. The molecule has 166 valence electrons. The molecule has 1 unspecified atom stereocenters. The summed E-state index contributed by atoms with van der Waals surface area (Å²) in [5.74, 6) is -3.71. The van der Waals surface area contributed by atoms with Gasteiger partial charge in [0.05, 0.1) is 18.4 Å². The van der Waals surface area contributed by atoms with E-state index >= 15 is 0 Å². The summed E-state index contributed by atoms with van der Waals surface area (Å²) in [6.07, 6.45) is 1.47.